The summed E-state index contributed by atoms with van der Waals surface area (Å²) in [5.74, 6) is 0.0396. The van der Waals surface area contributed by atoms with Gasteiger partial charge in [0.25, 0.3) is 5.91 Å². The zero-order valence-corrected chi connectivity index (χ0v) is 17.3. The molecule has 148 valence electrons. The zero-order valence-electron chi connectivity index (χ0n) is 16.5. The topological polar surface area (TPSA) is 55.4 Å². The van der Waals surface area contributed by atoms with Gasteiger partial charge in [-0.05, 0) is 74.1 Å². The molecule has 2 aromatic rings. The molecule has 4 nitrogen and oxygen atoms in total. The second-order valence-corrected chi connectivity index (χ2v) is 9.24. The van der Waals surface area contributed by atoms with Crippen LogP contribution in [0.5, 0.6) is 0 Å². The summed E-state index contributed by atoms with van der Waals surface area (Å²) < 4.78 is 5.49. The lowest BCUT2D eigenvalue weighted by atomic mass is 9.87. The van der Waals surface area contributed by atoms with E-state index in [4.69, 9.17) is 4.74 Å². The molecular formula is C23H27NO3S. The minimum atomic E-state index is -0.806. The first-order valence-electron chi connectivity index (χ1n) is 10.2. The average Bonchev–Trinajstić information content (AvgIpc) is 3.11. The Morgan fingerprint density at radius 1 is 1.18 bits per heavy atom. The smallest absolute Gasteiger partial charge is 0.349 e. The summed E-state index contributed by atoms with van der Waals surface area (Å²) in [6.07, 6.45) is 5.44. The molecule has 28 heavy (non-hydrogen) atoms. The summed E-state index contributed by atoms with van der Waals surface area (Å²) in [7, 11) is 0. The van der Waals surface area contributed by atoms with Crippen molar-refractivity contribution in [3.63, 3.8) is 0 Å². The molecule has 0 aliphatic heterocycles. The molecule has 1 heterocycles. The third-order valence-corrected chi connectivity index (χ3v) is 7.09. The van der Waals surface area contributed by atoms with Crippen molar-refractivity contribution in [1.29, 1.82) is 0 Å². The van der Waals surface area contributed by atoms with Crippen LogP contribution in [0.25, 0.3) is 0 Å². The fourth-order valence-electron chi connectivity index (χ4n) is 4.27. The molecule has 0 radical (unpaired) electrons. The Kier molecular flexibility index (Phi) is 5.54. The monoisotopic (exact) mass is 397 g/mol. The highest BCUT2D eigenvalue weighted by molar-refractivity contribution is 7.14. The molecule has 0 bridgehead atoms. The number of thiophene rings is 1. The van der Waals surface area contributed by atoms with Gasteiger partial charge in [-0.2, -0.15) is 0 Å². The average molecular weight is 398 g/mol. The normalized spacial score (nSPS) is 21.9. The molecule has 0 fully saturated rings. The van der Waals surface area contributed by atoms with Crippen LogP contribution >= 0.6 is 11.3 Å². The lowest BCUT2D eigenvalue weighted by Crippen LogP contribution is -2.39. The molecule has 1 N–H and O–H groups in total. The molecule has 1 aromatic heterocycles. The predicted octanol–water partition coefficient (Wildman–Crippen LogP) is 4.61. The Hall–Kier alpha value is -2.14. The Bertz CT molecular complexity index is 888. The van der Waals surface area contributed by atoms with Crippen LogP contribution in [-0.2, 0) is 28.8 Å². The molecular weight excluding hydrogens is 370 g/mol. The number of rotatable bonds is 4. The number of carbonyl (C=O) groups excluding carboxylic acids is 2. The Morgan fingerprint density at radius 3 is 2.86 bits per heavy atom. The summed E-state index contributed by atoms with van der Waals surface area (Å²) >= 11 is 1.52. The second kappa shape index (κ2) is 8.08. The van der Waals surface area contributed by atoms with Gasteiger partial charge >= 0.3 is 5.97 Å². The van der Waals surface area contributed by atoms with E-state index < -0.39 is 12.1 Å². The molecule has 0 unspecified atom stereocenters. The number of aryl methyl sites for hydroxylation is 2. The number of hydrogen-bond donors (Lipinski definition) is 1. The molecule has 0 saturated carbocycles. The Labute approximate surface area is 170 Å². The lowest BCUT2D eigenvalue weighted by molar-refractivity contribution is -0.130. The number of fused-ring (bicyclic) bond motifs is 2. The van der Waals surface area contributed by atoms with Gasteiger partial charge in [0.1, 0.15) is 4.88 Å². The fourth-order valence-corrected chi connectivity index (χ4v) is 5.36. The van der Waals surface area contributed by atoms with Crippen LogP contribution in [0.3, 0.4) is 0 Å². The minimum absolute atomic E-state index is 0.00542. The van der Waals surface area contributed by atoms with Crippen LogP contribution in [0, 0.1) is 5.92 Å². The summed E-state index contributed by atoms with van der Waals surface area (Å²) in [4.78, 5) is 27.1. The van der Waals surface area contributed by atoms with Crippen molar-refractivity contribution >= 4 is 23.2 Å². The van der Waals surface area contributed by atoms with E-state index in [0.717, 1.165) is 32.1 Å². The van der Waals surface area contributed by atoms with E-state index in [-0.39, 0.29) is 11.9 Å². The fraction of sp³-hybridized carbons (Fsp3) is 0.478. The maximum atomic E-state index is 12.6. The van der Waals surface area contributed by atoms with Gasteiger partial charge < -0.3 is 10.1 Å². The number of amides is 1. The van der Waals surface area contributed by atoms with Crippen LogP contribution in [0.1, 0.15) is 70.4 Å². The van der Waals surface area contributed by atoms with Crippen molar-refractivity contribution in [2.75, 3.05) is 0 Å². The van der Waals surface area contributed by atoms with Gasteiger partial charge in [0, 0.05) is 4.88 Å². The zero-order chi connectivity index (χ0) is 19.7. The van der Waals surface area contributed by atoms with Gasteiger partial charge in [-0.1, -0.05) is 31.2 Å². The highest BCUT2D eigenvalue weighted by Crippen LogP contribution is 2.33. The number of carbonyl (C=O) groups is 2. The number of hydrogen-bond acceptors (Lipinski definition) is 4. The van der Waals surface area contributed by atoms with Crippen molar-refractivity contribution in [2.24, 2.45) is 5.92 Å². The van der Waals surface area contributed by atoms with Crippen LogP contribution < -0.4 is 5.32 Å². The lowest BCUT2D eigenvalue weighted by Gasteiger charge is -2.27. The Balaban J connectivity index is 1.38. The van der Waals surface area contributed by atoms with Crippen molar-refractivity contribution in [1.82, 2.24) is 5.32 Å². The summed E-state index contributed by atoms with van der Waals surface area (Å²) in [5, 5.41) is 3.07. The predicted molar refractivity (Wildman–Crippen MR) is 111 cm³/mol. The molecule has 4 rings (SSSR count). The molecule has 3 atom stereocenters. The number of ether oxygens (including phenoxy) is 1. The van der Waals surface area contributed by atoms with Crippen molar-refractivity contribution in [2.45, 2.75) is 64.5 Å². The van der Waals surface area contributed by atoms with Gasteiger partial charge in [-0.25, -0.2) is 4.79 Å². The SMILES string of the molecule is C[C@H]1CCc2sc(C(=O)O[C@H](C)C(=O)N[C@@H]3CCCc4ccccc43)cc2C1. The Morgan fingerprint density at radius 2 is 2.00 bits per heavy atom. The number of esters is 1. The summed E-state index contributed by atoms with van der Waals surface area (Å²) in [6.45, 7) is 3.89. The molecule has 2 aliphatic rings. The van der Waals surface area contributed by atoms with Gasteiger partial charge in [0.15, 0.2) is 6.10 Å². The highest BCUT2D eigenvalue weighted by Gasteiger charge is 2.27. The standard InChI is InChI=1S/C23H27NO3S/c1-14-10-11-20-17(12-14)13-21(28-20)23(26)27-15(2)22(25)24-19-9-5-7-16-6-3-4-8-18(16)19/h3-4,6,8,13-15,19H,5,7,9-12H2,1-2H3,(H,24,25)/t14-,15+,19+/m0/s1. The van der Waals surface area contributed by atoms with Crippen LogP contribution in [0.2, 0.25) is 0 Å². The van der Waals surface area contributed by atoms with E-state index in [1.165, 1.54) is 39.3 Å². The van der Waals surface area contributed by atoms with Crippen molar-refractivity contribution < 1.29 is 14.3 Å². The van der Waals surface area contributed by atoms with E-state index in [0.29, 0.717) is 10.8 Å². The first-order chi connectivity index (χ1) is 13.5. The largest absolute Gasteiger partial charge is 0.448 e. The first-order valence-corrected chi connectivity index (χ1v) is 11.0. The second-order valence-electron chi connectivity index (χ2n) is 8.11. The molecule has 0 spiro atoms. The minimum Gasteiger partial charge on any atom is -0.448 e. The third-order valence-electron chi connectivity index (χ3n) is 5.87. The van der Waals surface area contributed by atoms with E-state index >= 15 is 0 Å². The highest BCUT2D eigenvalue weighted by atomic mass is 32.1. The van der Waals surface area contributed by atoms with E-state index in [1.54, 1.807) is 6.92 Å². The summed E-state index contributed by atoms with van der Waals surface area (Å²) in [5.41, 5.74) is 3.74. The number of nitrogens with one attached hydrogen (secondary N) is 1. The van der Waals surface area contributed by atoms with E-state index in [9.17, 15) is 9.59 Å². The maximum Gasteiger partial charge on any atom is 0.349 e. The molecule has 0 saturated heterocycles. The van der Waals surface area contributed by atoms with Crippen molar-refractivity contribution in [3.8, 4) is 0 Å². The number of benzene rings is 1. The van der Waals surface area contributed by atoms with Crippen LogP contribution in [0.4, 0.5) is 0 Å². The third kappa shape index (κ3) is 4.00. The van der Waals surface area contributed by atoms with Gasteiger partial charge in [0.05, 0.1) is 6.04 Å². The van der Waals surface area contributed by atoms with Crippen LogP contribution in [0.15, 0.2) is 30.3 Å². The molecule has 1 amide bonds. The summed E-state index contributed by atoms with van der Waals surface area (Å²) in [6, 6.07) is 10.2. The van der Waals surface area contributed by atoms with Gasteiger partial charge in [-0.15, -0.1) is 11.3 Å². The van der Waals surface area contributed by atoms with Crippen molar-refractivity contribution in [3.05, 3.63) is 56.8 Å². The molecule has 5 heteroatoms. The van der Waals surface area contributed by atoms with E-state index in [2.05, 4.69) is 24.4 Å². The maximum absolute atomic E-state index is 12.6. The van der Waals surface area contributed by atoms with Gasteiger partial charge in [-0.3, -0.25) is 4.79 Å². The van der Waals surface area contributed by atoms with Crippen LogP contribution in [-0.4, -0.2) is 18.0 Å². The first kappa shape index (κ1) is 19.2. The molecule has 2 aliphatic carbocycles. The van der Waals surface area contributed by atoms with E-state index in [1.807, 2.05) is 18.2 Å². The quantitative estimate of drug-likeness (QED) is 0.767. The molecule has 1 aromatic carbocycles. The van der Waals surface area contributed by atoms with Gasteiger partial charge in [0.2, 0.25) is 0 Å².